The molecule has 0 aromatic heterocycles. The van der Waals surface area contributed by atoms with Crippen molar-refractivity contribution in [3.8, 4) is 6.07 Å². The van der Waals surface area contributed by atoms with Gasteiger partial charge in [0, 0.05) is 0 Å². The Kier molecular flexibility index (Phi) is 3.66. The maximum atomic E-state index is 10.5. The molecule has 0 bridgehead atoms. The Morgan fingerprint density at radius 3 is 2.58 bits per heavy atom. The van der Waals surface area contributed by atoms with Crippen molar-refractivity contribution in [2.45, 2.75) is 18.8 Å². The van der Waals surface area contributed by atoms with E-state index in [1.54, 1.807) is 0 Å². The van der Waals surface area contributed by atoms with Gasteiger partial charge in [0.15, 0.2) is 0 Å². The summed E-state index contributed by atoms with van der Waals surface area (Å²) in [5.74, 6) is -0.984. The first-order valence-electron chi connectivity index (χ1n) is 2.90. The molecule has 68 valence electrons. The summed E-state index contributed by atoms with van der Waals surface area (Å²) < 4.78 is 33.0. The van der Waals surface area contributed by atoms with Crippen LogP contribution in [0.15, 0.2) is 0 Å². The van der Waals surface area contributed by atoms with E-state index in [4.69, 9.17) is 9.81 Å². The van der Waals surface area contributed by atoms with Gasteiger partial charge in [-0.3, -0.25) is 9.35 Å². The third kappa shape index (κ3) is 3.90. The van der Waals surface area contributed by atoms with E-state index >= 15 is 0 Å². The fourth-order valence-corrected chi connectivity index (χ4v) is 0.581. The number of carbonyl (C=O) groups is 1. The number of esters is 1. The van der Waals surface area contributed by atoms with E-state index in [2.05, 4.69) is 4.74 Å². The van der Waals surface area contributed by atoms with Gasteiger partial charge in [0.25, 0.3) is 0 Å². The Morgan fingerprint density at radius 1 is 1.75 bits per heavy atom. The van der Waals surface area contributed by atoms with Gasteiger partial charge in [-0.25, -0.2) is 0 Å². The average Bonchev–Trinajstić information content (AvgIpc) is 1.85. The average molecular weight is 193 g/mol. The minimum atomic E-state index is -4.37. The molecule has 1 N–H and O–H groups in total. The molecule has 0 rings (SSSR count). The molecule has 0 spiro atoms. The quantitative estimate of drug-likeness (QED) is 0.486. The lowest BCUT2D eigenvalue weighted by molar-refractivity contribution is -0.143. The lowest BCUT2D eigenvalue weighted by Crippen LogP contribution is -2.23. The van der Waals surface area contributed by atoms with Crippen molar-refractivity contribution in [3.63, 3.8) is 0 Å². The lowest BCUT2D eigenvalue weighted by Gasteiger charge is -2.07. The van der Waals surface area contributed by atoms with E-state index in [-0.39, 0.29) is 0 Å². The van der Waals surface area contributed by atoms with Gasteiger partial charge in [-0.05, 0) is 6.92 Å². The molecule has 0 fully saturated rings. The van der Waals surface area contributed by atoms with Gasteiger partial charge < -0.3 is 4.74 Å². The number of nitrogens with zero attached hydrogens (tertiary/aromatic N) is 1. The number of carbonyl (C=O) groups excluding carboxylic acids is 1. The Morgan fingerprint density at radius 2 is 2.25 bits per heavy atom. The van der Waals surface area contributed by atoms with Gasteiger partial charge in [0.05, 0.1) is 6.07 Å². The summed E-state index contributed by atoms with van der Waals surface area (Å²) in [5, 5.41) is 7.99. The molecular weight excluding hydrogens is 186 g/mol. The zero-order valence-electron chi connectivity index (χ0n) is 6.22. The first-order valence-corrected chi connectivity index (χ1v) is 4.41. The molecule has 0 saturated heterocycles. The maximum Gasteiger partial charge on any atom is 0.321 e. The van der Waals surface area contributed by atoms with Crippen LogP contribution in [-0.2, 0) is 19.6 Å². The van der Waals surface area contributed by atoms with Crippen LogP contribution in [0.5, 0.6) is 0 Å². The molecule has 0 amide bonds. The zero-order chi connectivity index (χ0) is 9.78. The number of ether oxygens (including phenoxy) is 1. The van der Waals surface area contributed by atoms with Crippen LogP contribution in [0.4, 0.5) is 0 Å². The first-order chi connectivity index (χ1) is 5.38. The van der Waals surface area contributed by atoms with Crippen molar-refractivity contribution >= 4 is 16.1 Å². The van der Waals surface area contributed by atoms with Crippen LogP contribution < -0.4 is 0 Å². The Bertz CT molecular complexity index is 300. The van der Waals surface area contributed by atoms with Crippen molar-refractivity contribution in [3.05, 3.63) is 0 Å². The van der Waals surface area contributed by atoms with Gasteiger partial charge in [-0.15, -0.1) is 0 Å². The van der Waals surface area contributed by atoms with Crippen LogP contribution >= 0.6 is 0 Å². The summed E-state index contributed by atoms with van der Waals surface area (Å²) in [7, 11) is -4.37. The van der Waals surface area contributed by atoms with Crippen molar-refractivity contribution < 1.29 is 22.5 Å². The topological polar surface area (TPSA) is 104 Å². The second kappa shape index (κ2) is 4.04. The molecule has 7 heteroatoms. The number of hydrogen-bond acceptors (Lipinski definition) is 5. The normalized spacial score (nSPS) is 13.1. The fraction of sp³-hybridized carbons (Fsp3) is 0.600. The van der Waals surface area contributed by atoms with E-state index in [1.165, 1.54) is 6.07 Å². The van der Waals surface area contributed by atoms with Gasteiger partial charge in [-0.1, -0.05) is 0 Å². The molecule has 0 saturated carbocycles. The lowest BCUT2D eigenvalue weighted by atomic mass is 10.5. The second-order valence-electron chi connectivity index (χ2n) is 1.91. The molecule has 0 radical (unpaired) electrons. The van der Waals surface area contributed by atoms with Crippen LogP contribution in [0.1, 0.15) is 13.3 Å². The minimum Gasteiger partial charge on any atom is -0.443 e. The standard InChI is InChI=1S/C5H7NO5S/c1-4(12(8,9)10)11-5(7)2-3-6/h4H,2H2,1H3,(H,8,9,10). The number of rotatable bonds is 3. The largest absolute Gasteiger partial charge is 0.443 e. The van der Waals surface area contributed by atoms with Crippen molar-refractivity contribution in [1.82, 2.24) is 0 Å². The van der Waals surface area contributed by atoms with E-state index < -0.39 is 27.9 Å². The van der Waals surface area contributed by atoms with Crippen LogP contribution in [0, 0.1) is 11.3 Å². The minimum absolute atomic E-state index is 0.542. The Hall–Kier alpha value is -1.13. The molecule has 12 heavy (non-hydrogen) atoms. The highest BCUT2D eigenvalue weighted by molar-refractivity contribution is 7.86. The van der Waals surface area contributed by atoms with Gasteiger partial charge >= 0.3 is 16.1 Å². The highest BCUT2D eigenvalue weighted by Crippen LogP contribution is 2.00. The summed E-state index contributed by atoms with van der Waals surface area (Å²) in [6, 6.07) is 1.47. The zero-order valence-corrected chi connectivity index (χ0v) is 7.04. The van der Waals surface area contributed by atoms with Crippen LogP contribution in [0.25, 0.3) is 0 Å². The SMILES string of the molecule is CC(OC(=O)CC#N)S(=O)(=O)O. The molecule has 0 aliphatic rings. The molecule has 0 aliphatic carbocycles. The van der Waals surface area contributed by atoms with E-state index in [9.17, 15) is 13.2 Å². The van der Waals surface area contributed by atoms with Gasteiger partial charge in [0.1, 0.15) is 6.42 Å². The van der Waals surface area contributed by atoms with Crippen LogP contribution in [-0.4, -0.2) is 24.4 Å². The molecule has 0 heterocycles. The molecular formula is C5H7NO5S. The highest BCUT2D eigenvalue weighted by atomic mass is 32.2. The summed E-state index contributed by atoms with van der Waals surface area (Å²) in [6.45, 7) is 0.991. The summed E-state index contributed by atoms with van der Waals surface area (Å²) >= 11 is 0. The molecule has 1 atom stereocenters. The fourth-order valence-electron chi connectivity index (χ4n) is 0.352. The third-order valence-corrected chi connectivity index (χ3v) is 1.88. The molecule has 0 aromatic carbocycles. The highest BCUT2D eigenvalue weighted by Gasteiger charge is 2.21. The Labute approximate surface area is 69.5 Å². The summed E-state index contributed by atoms with van der Waals surface area (Å²) in [6.07, 6.45) is -0.542. The number of hydrogen-bond donors (Lipinski definition) is 1. The van der Waals surface area contributed by atoms with Crippen LogP contribution in [0.2, 0.25) is 0 Å². The monoisotopic (exact) mass is 193 g/mol. The predicted molar refractivity (Wildman–Crippen MR) is 37.3 cm³/mol. The second-order valence-corrected chi connectivity index (χ2v) is 3.60. The van der Waals surface area contributed by atoms with E-state index in [0.717, 1.165) is 6.92 Å². The molecule has 0 aliphatic heterocycles. The van der Waals surface area contributed by atoms with Crippen molar-refractivity contribution in [2.24, 2.45) is 0 Å². The van der Waals surface area contributed by atoms with E-state index in [0.29, 0.717) is 0 Å². The molecule has 0 aromatic rings. The number of nitriles is 1. The third-order valence-electron chi connectivity index (χ3n) is 0.940. The summed E-state index contributed by atoms with van der Waals surface area (Å²) in [4.78, 5) is 10.5. The molecule has 6 nitrogen and oxygen atoms in total. The maximum absolute atomic E-state index is 10.5. The van der Waals surface area contributed by atoms with E-state index in [1.807, 2.05) is 0 Å². The Balaban J connectivity index is 4.13. The van der Waals surface area contributed by atoms with Gasteiger partial charge in [0.2, 0.25) is 5.44 Å². The van der Waals surface area contributed by atoms with Crippen LogP contribution in [0.3, 0.4) is 0 Å². The first kappa shape index (κ1) is 10.9. The predicted octanol–water partition coefficient (Wildman–Crippen LogP) is -0.323. The van der Waals surface area contributed by atoms with Gasteiger partial charge in [-0.2, -0.15) is 13.7 Å². The van der Waals surface area contributed by atoms with Crippen molar-refractivity contribution in [2.75, 3.05) is 0 Å². The summed E-state index contributed by atoms with van der Waals surface area (Å²) in [5.41, 5.74) is -1.63. The smallest absolute Gasteiger partial charge is 0.321 e. The molecule has 1 unspecified atom stereocenters. The van der Waals surface area contributed by atoms with Crippen molar-refractivity contribution in [1.29, 1.82) is 5.26 Å².